The van der Waals surface area contributed by atoms with Crippen LogP contribution in [0.1, 0.15) is 26.2 Å². The highest BCUT2D eigenvalue weighted by Gasteiger charge is 2.12. The first-order valence-electron chi connectivity index (χ1n) is 5.79. The molecule has 6 heteroatoms. The zero-order valence-electron chi connectivity index (χ0n) is 10.5. The van der Waals surface area contributed by atoms with Crippen LogP contribution in [0.5, 0.6) is 0 Å². The molecule has 0 aromatic rings. The van der Waals surface area contributed by atoms with Crippen LogP contribution in [0.3, 0.4) is 0 Å². The fourth-order valence-electron chi connectivity index (χ4n) is 1.23. The average Bonchev–Trinajstić information content (AvgIpc) is 2.29. The van der Waals surface area contributed by atoms with E-state index < -0.39 is 6.04 Å². The Hall–Kier alpha value is -1.14. The van der Waals surface area contributed by atoms with Gasteiger partial charge in [-0.3, -0.25) is 9.59 Å². The predicted octanol–water partition coefficient (Wildman–Crippen LogP) is -0.190. The first-order valence-corrected chi connectivity index (χ1v) is 5.79. The largest absolute Gasteiger partial charge is 0.466 e. The molecule has 0 saturated carbocycles. The molecule has 0 heterocycles. The molecule has 6 nitrogen and oxygen atoms in total. The van der Waals surface area contributed by atoms with Crippen LogP contribution in [0, 0.1) is 0 Å². The molecule has 0 aliphatic heterocycles. The number of methoxy groups -OCH3 is 1. The molecule has 0 spiro atoms. The molecule has 1 amide bonds. The lowest BCUT2D eigenvalue weighted by Gasteiger charge is -2.11. The molecule has 0 bridgehead atoms. The van der Waals surface area contributed by atoms with Crippen LogP contribution in [0.2, 0.25) is 0 Å². The summed E-state index contributed by atoms with van der Waals surface area (Å²) >= 11 is 0. The summed E-state index contributed by atoms with van der Waals surface area (Å²) in [5.74, 6) is -0.564. The van der Waals surface area contributed by atoms with E-state index in [2.05, 4.69) is 5.32 Å². The summed E-state index contributed by atoms with van der Waals surface area (Å²) in [5.41, 5.74) is 5.65. The maximum atomic E-state index is 11.4. The number of ether oxygens (including phenoxy) is 2. The number of esters is 1. The third kappa shape index (κ3) is 8.65. The van der Waals surface area contributed by atoms with Gasteiger partial charge in [0, 0.05) is 20.3 Å². The van der Waals surface area contributed by atoms with Crippen LogP contribution >= 0.6 is 0 Å². The molecule has 1 atom stereocenters. The summed E-state index contributed by atoms with van der Waals surface area (Å²) in [6.07, 6.45) is 1.48. The summed E-state index contributed by atoms with van der Waals surface area (Å²) in [7, 11) is 1.60. The zero-order chi connectivity index (χ0) is 13.1. The molecule has 0 radical (unpaired) electrons. The molecule has 100 valence electrons. The van der Waals surface area contributed by atoms with E-state index in [0.29, 0.717) is 19.6 Å². The van der Waals surface area contributed by atoms with Gasteiger partial charge in [-0.2, -0.15) is 0 Å². The summed E-state index contributed by atoms with van der Waals surface area (Å²) in [5, 5.41) is 2.59. The van der Waals surface area contributed by atoms with E-state index in [0.717, 1.165) is 6.42 Å². The normalized spacial score (nSPS) is 11.9. The molecule has 0 aliphatic rings. The molecule has 1 unspecified atom stereocenters. The van der Waals surface area contributed by atoms with Crippen molar-refractivity contribution in [1.29, 1.82) is 0 Å². The number of carbonyl (C=O) groups is 2. The zero-order valence-corrected chi connectivity index (χ0v) is 10.5. The Bertz CT molecular complexity index is 234. The van der Waals surface area contributed by atoms with Crippen molar-refractivity contribution in [2.75, 3.05) is 26.9 Å². The second-order valence-electron chi connectivity index (χ2n) is 3.59. The van der Waals surface area contributed by atoms with Crippen LogP contribution in [0.25, 0.3) is 0 Å². The molecule has 0 saturated heterocycles. The molecule has 0 rings (SSSR count). The Kier molecular flexibility index (Phi) is 9.37. The van der Waals surface area contributed by atoms with Gasteiger partial charge in [0.15, 0.2) is 0 Å². The van der Waals surface area contributed by atoms with E-state index in [1.165, 1.54) is 0 Å². The molecular weight excluding hydrogens is 224 g/mol. The maximum Gasteiger partial charge on any atom is 0.307 e. The number of hydrogen-bond acceptors (Lipinski definition) is 5. The van der Waals surface area contributed by atoms with Crippen LogP contribution in [-0.2, 0) is 19.1 Å². The monoisotopic (exact) mass is 246 g/mol. The highest BCUT2D eigenvalue weighted by Crippen LogP contribution is 1.95. The first-order chi connectivity index (χ1) is 8.11. The summed E-state index contributed by atoms with van der Waals surface area (Å²) in [6.45, 7) is 2.94. The Morgan fingerprint density at radius 3 is 2.71 bits per heavy atom. The number of nitrogens with one attached hydrogen (secondary N) is 1. The fourth-order valence-corrected chi connectivity index (χ4v) is 1.23. The smallest absolute Gasteiger partial charge is 0.307 e. The van der Waals surface area contributed by atoms with E-state index in [9.17, 15) is 9.59 Å². The van der Waals surface area contributed by atoms with Crippen molar-refractivity contribution < 1.29 is 19.1 Å². The van der Waals surface area contributed by atoms with Gasteiger partial charge in [-0.1, -0.05) is 0 Å². The van der Waals surface area contributed by atoms with E-state index in [-0.39, 0.29) is 24.8 Å². The molecule has 0 aliphatic carbocycles. The molecular formula is C11H22N2O4. The quantitative estimate of drug-likeness (QED) is 0.434. The predicted molar refractivity (Wildman–Crippen MR) is 63.3 cm³/mol. The van der Waals surface area contributed by atoms with Crippen molar-refractivity contribution in [3.8, 4) is 0 Å². The Balaban J connectivity index is 3.60. The number of nitrogens with two attached hydrogens (primary N) is 1. The van der Waals surface area contributed by atoms with Crippen LogP contribution < -0.4 is 11.1 Å². The van der Waals surface area contributed by atoms with Gasteiger partial charge in [0.1, 0.15) is 0 Å². The molecule has 17 heavy (non-hydrogen) atoms. The molecule has 0 fully saturated rings. The third-order valence-corrected chi connectivity index (χ3v) is 2.13. The van der Waals surface area contributed by atoms with Crippen LogP contribution in [0.15, 0.2) is 0 Å². The van der Waals surface area contributed by atoms with Crippen molar-refractivity contribution in [3.05, 3.63) is 0 Å². The summed E-state index contributed by atoms with van der Waals surface area (Å²) in [4.78, 5) is 22.4. The molecule has 3 N–H and O–H groups in total. The van der Waals surface area contributed by atoms with Crippen molar-refractivity contribution in [3.63, 3.8) is 0 Å². The van der Waals surface area contributed by atoms with Gasteiger partial charge in [-0.25, -0.2) is 0 Å². The summed E-state index contributed by atoms with van der Waals surface area (Å²) in [6, 6.07) is -0.549. The highest BCUT2D eigenvalue weighted by molar-refractivity contribution is 5.81. The van der Waals surface area contributed by atoms with Gasteiger partial charge in [0.25, 0.3) is 0 Å². The lowest BCUT2D eigenvalue weighted by molar-refractivity contribution is -0.143. The Labute approximate surface area is 102 Å². The lowest BCUT2D eigenvalue weighted by atomic mass is 10.1. The Morgan fingerprint density at radius 1 is 1.41 bits per heavy atom. The SMILES string of the molecule is CCOC(=O)CCNC(=O)C(N)CCCOC. The van der Waals surface area contributed by atoms with Crippen LogP contribution in [0.4, 0.5) is 0 Å². The van der Waals surface area contributed by atoms with Crippen LogP contribution in [-0.4, -0.2) is 44.8 Å². The molecule has 0 aromatic heterocycles. The van der Waals surface area contributed by atoms with Gasteiger partial charge >= 0.3 is 5.97 Å². The number of hydrogen-bond donors (Lipinski definition) is 2. The standard InChI is InChI=1S/C11H22N2O4/c1-3-17-10(14)6-7-13-11(15)9(12)5-4-8-16-2/h9H,3-8,12H2,1-2H3,(H,13,15). The second kappa shape index (κ2) is 10.0. The minimum absolute atomic E-state index is 0.171. The third-order valence-electron chi connectivity index (χ3n) is 2.13. The van der Waals surface area contributed by atoms with Crippen molar-refractivity contribution in [1.82, 2.24) is 5.32 Å². The summed E-state index contributed by atoms with van der Waals surface area (Å²) < 4.78 is 9.59. The topological polar surface area (TPSA) is 90.7 Å². The average molecular weight is 246 g/mol. The second-order valence-corrected chi connectivity index (χ2v) is 3.59. The molecule has 0 aromatic carbocycles. The first kappa shape index (κ1) is 15.9. The van der Waals surface area contributed by atoms with E-state index in [4.69, 9.17) is 15.2 Å². The van der Waals surface area contributed by atoms with Crippen molar-refractivity contribution in [2.45, 2.75) is 32.2 Å². The Morgan fingerprint density at radius 2 is 2.12 bits per heavy atom. The van der Waals surface area contributed by atoms with Gasteiger partial charge in [0.2, 0.25) is 5.91 Å². The maximum absolute atomic E-state index is 11.4. The minimum atomic E-state index is -0.549. The van der Waals surface area contributed by atoms with Gasteiger partial charge in [-0.05, 0) is 19.8 Å². The number of amides is 1. The fraction of sp³-hybridized carbons (Fsp3) is 0.818. The highest BCUT2D eigenvalue weighted by atomic mass is 16.5. The van der Waals surface area contributed by atoms with Gasteiger partial charge < -0.3 is 20.5 Å². The van der Waals surface area contributed by atoms with Crippen molar-refractivity contribution >= 4 is 11.9 Å². The minimum Gasteiger partial charge on any atom is -0.466 e. The van der Waals surface area contributed by atoms with Gasteiger partial charge in [-0.15, -0.1) is 0 Å². The van der Waals surface area contributed by atoms with E-state index >= 15 is 0 Å². The van der Waals surface area contributed by atoms with Gasteiger partial charge in [0.05, 0.1) is 19.1 Å². The van der Waals surface area contributed by atoms with E-state index in [1.54, 1.807) is 14.0 Å². The lowest BCUT2D eigenvalue weighted by Crippen LogP contribution is -2.41. The van der Waals surface area contributed by atoms with Crippen molar-refractivity contribution in [2.24, 2.45) is 5.73 Å². The van der Waals surface area contributed by atoms with E-state index in [1.807, 2.05) is 0 Å². The number of carbonyl (C=O) groups excluding carboxylic acids is 2. The number of rotatable bonds is 9.